The summed E-state index contributed by atoms with van der Waals surface area (Å²) in [5.74, 6) is -2.88. The number of benzene rings is 3. The van der Waals surface area contributed by atoms with Gasteiger partial charge >= 0.3 is 0 Å². The molecule has 1 N–H and O–H groups in total. The van der Waals surface area contributed by atoms with Crippen molar-refractivity contribution < 1.29 is 22.6 Å². The van der Waals surface area contributed by atoms with E-state index in [1.54, 1.807) is 0 Å². The van der Waals surface area contributed by atoms with Crippen molar-refractivity contribution in [2.24, 2.45) is 0 Å². The van der Waals surface area contributed by atoms with Crippen molar-refractivity contribution in [1.29, 1.82) is 0 Å². The smallest absolute Gasteiger partial charge is 0.134 e. The second-order valence-corrected chi connectivity index (χ2v) is 8.13. The van der Waals surface area contributed by atoms with Crippen LogP contribution in [0.3, 0.4) is 0 Å². The average molecular weight is 441 g/mol. The molecule has 0 bridgehead atoms. The molecule has 2 unspecified atom stereocenters. The molecular formula is C26H26F3NO2. The van der Waals surface area contributed by atoms with E-state index >= 15 is 0 Å². The molecule has 168 valence electrons. The zero-order valence-electron chi connectivity index (χ0n) is 17.9. The molecule has 1 aliphatic rings. The van der Waals surface area contributed by atoms with Crippen LogP contribution in [0.4, 0.5) is 13.2 Å². The van der Waals surface area contributed by atoms with Crippen molar-refractivity contribution in [1.82, 2.24) is 5.32 Å². The zero-order chi connectivity index (χ0) is 22.6. The van der Waals surface area contributed by atoms with Crippen LogP contribution in [0.5, 0.6) is 0 Å². The average Bonchev–Trinajstić information content (AvgIpc) is 2.79. The highest BCUT2D eigenvalue weighted by Crippen LogP contribution is 2.38. The Labute approximate surface area is 186 Å². The number of nitrogens with one attached hydrogen (secondary N) is 1. The Hall–Kier alpha value is -2.67. The summed E-state index contributed by atoms with van der Waals surface area (Å²) >= 11 is 0. The minimum Gasteiger partial charge on any atom is -0.369 e. The minimum absolute atomic E-state index is 0.294. The molecule has 1 aliphatic heterocycles. The molecule has 0 radical (unpaired) electrons. The minimum atomic E-state index is -0.961. The van der Waals surface area contributed by atoms with Crippen molar-refractivity contribution in [2.45, 2.75) is 38.3 Å². The third kappa shape index (κ3) is 4.88. The van der Waals surface area contributed by atoms with E-state index in [2.05, 4.69) is 5.32 Å². The van der Waals surface area contributed by atoms with Gasteiger partial charge in [-0.2, -0.15) is 0 Å². The monoisotopic (exact) mass is 441 g/mol. The topological polar surface area (TPSA) is 30.5 Å². The van der Waals surface area contributed by atoms with Gasteiger partial charge in [-0.05, 0) is 31.0 Å². The Morgan fingerprint density at radius 3 is 2.31 bits per heavy atom. The summed E-state index contributed by atoms with van der Waals surface area (Å²) in [6.07, 6.45) is 0.119. The van der Waals surface area contributed by atoms with E-state index in [0.717, 1.165) is 16.7 Å². The van der Waals surface area contributed by atoms with E-state index in [0.29, 0.717) is 38.2 Å². The van der Waals surface area contributed by atoms with Crippen LogP contribution in [0.15, 0.2) is 66.7 Å². The van der Waals surface area contributed by atoms with Crippen LogP contribution in [0.2, 0.25) is 0 Å². The SMILES string of the molecule is Cc1ccc(C2(OCc3ccccc3)CCNCC2OCc2c(F)cc(F)cc2F)cc1. The number of aryl methyl sites for hydroxylation is 1. The van der Waals surface area contributed by atoms with Gasteiger partial charge in [0, 0.05) is 24.2 Å². The summed E-state index contributed by atoms with van der Waals surface area (Å²) in [4.78, 5) is 0. The van der Waals surface area contributed by atoms with Crippen LogP contribution < -0.4 is 5.32 Å². The quantitative estimate of drug-likeness (QED) is 0.532. The van der Waals surface area contributed by atoms with Gasteiger partial charge < -0.3 is 14.8 Å². The second kappa shape index (κ2) is 9.86. The zero-order valence-corrected chi connectivity index (χ0v) is 17.9. The molecule has 1 saturated heterocycles. The molecule has 32 heavy (non-hydrogen) atoms. The van der Waals surface area contributed by atoms with Gasteiger partial charge in [0.05, 0.1) is 13.2 Å². The Morgan fingerprint density at radius 1 is 0.938 bits per heavy atom. The standard InChI is InChI=1S/C26H26F3NO2/c1-18-7-9-20(10-8-18)26(32-16-19-5-3-2-4-6-19)11-12-30-15-25(26)31-17-22-23(28)13-21(27)14-24(22)29/h2-10,13-14,25,30H,11-12,15-17H2,1H3. The fourth-order valence-corrected chi connectivity index (χ4v) is 4.12. The molecule has 1 fully saturated rings. The first-order valence-corrected chi connectivity index (χ1v) is 10.7. The molecule has 0 aliphatic carbocycles. The summed E-state index contributed by atoms with van der Waals surface area (Å²) in [5.41, 5.74) is 1.99. The van der Waals surface area contributed by atoms with Gasteiger partial charge in [-0.3, -0.25) is 0 Å². The molecule has 2 atom stereocenters. The normalized spacial score (nSPS) is 20.9. The number of hydrogen-bond acceptors (Lipinski definition) is 3. The third-order valence-corrected chi connectivity index (χ3v) is 5.94. The first kappa shape index (κ1) is 22.5. The summed E-state index contributed by atoms with van der Waals surface area (Å²) in [6, 6.07) is 19.2. The summed E-state index contributed by atoms with van der Waals surface area (Å²) in [7, 11) is 0. The Kier molecular flexibility index (Phi) is 6.94. The Balaban J connectivity index is 1.63. The molecule has 4 rings (SSSR count). The van der Waals surface area contributed by atoms with Crippen LogP contribution in [-0.4, -0.2) is 19.2 Å². The predicted molar refractivity (Wildman–Crippen MR) is 116 cm³/mol. The number of halogens is 3. The number of piperidine rings is 1. The largest absolute Gasteiger partial charge is 0.369 e. The van der Waals surface area contributed by atoms with Crippen molar-refractivity contribution in [3.8, 4) is 0 Å². The number of rotatable bonds is 7. The third-order valence-electron chi connectivity index (χ3n) is 5.94. The first-order chi connectivity index (χ1) is 15.5. The van der Waals surface area contributed by atoms with Crippen molar-refractivity contribution in [3.05, 3.63) is 106 Å². The molecule has 0 amide bonds. The molecule has 0 spiro atoms. The maximum atomic E-state index is 14.2. The maximum absolute atomic E-state index is 14.2. The predicted octanol–water partition coefficient (Wildman–Crippen LogP) is 5.40. The summed E-state index contributed by atoms with van der Waals surface area (Å²) in [6.45, 7) is 3.22. The van der Waals surface area contributed by atoms with E-state index in [9.17, 15) is 13.2 Å². The van der Waals surface area contributed by atoms with E-state index in [4.69, 9.17) is 9.47 Å². The van der Waals surface area contributed by atoms with E-state index in [1.807, 2.05) is 61.5 Å². The lowest BCUT2D eigenvalue weighted by atomic mass is 9.82. The van der Waals surface area contributed by atoms with Crippen LogP contribution in [0, 0.1) is 24.4 Å². The first-order valence-electron chi connectivity index (χ1n) is 10.7. The van der Waals surface area contributed by atoms with Gasteiger partial charge in [0.1, 0.15) is 29.2 Å². The van der Waals surface area contributed by atoms with Crippen LogP contribution in [0.1, 0.15) is 28.7 Å². The molecule has 3 aromatic rings. The Morgan fingerprint density at radius 2 is 1.62 bits per heavy atom. The Bertz CT molecular complexity index is 1020. The van der Waals surface area contributed by atoms with Gasteiger partial charge in [0.2, 0.25) is 0 Å². The lowest BCUT2D eigenvalue weighted by Crippen LogP contribution is -2.54. The van der Waals surface area contributed by atoms with Crippen molar-refractivity contribution >= 4 is 0 Å². The highest BCUT2D eigenvalue weighted by Gasteiger charge is 2.44. The molecule has 0 aromatic heterocycles. The fourth-order valence-electron chi connectivity index (χ4n) is 4.12. The molecule has 0 saturated carbocycles. The van der Waals surface area contributed by atoms with Gasteiger partial charge in [0.25, 0.3) is 0 Å². The summed E-state index contributed by atoms with van der Waals surface area (Å²) in [5, 5.41) is 3.29. The van der Waals surface area contributed by atoms with Crippen LogP contribution in [0.25, 0.3) is 0 Å². The van der Waals surface area contributed by atoms with Gasteiger partial charge in [-0.15, -0.1) is 0 Å². The molecular weight excluding hydrogens is 415 g/mol. The fraction of sp³-hybridized carbons (Fsp3) is 0.308. The van der Waals surface area contributed by atoms with E-state index in [1.165, 1.54) is 0 Å². The molecule has 6 heteroatoms. The lowest BCUT2D eigenvalue weighted by Gasteiger charge is -2.44. The summed E-state index contributed by atoms with van der Waals surface area (Å²) < 4.78 is 54.3. The van der Waals surface area contributed by atoms with E-state index in [-0.39, 0.29) is 12.2 Å². The molecule has 1 heterocycles. The van der Waals surface area contributed by atoms with Crippen molar-refractivity contribution in [3.63, 3.8) is 0 Å². The highest BCUT2D eigenvalue weighted by atomic mass is 19.1. The van der Waals surface area contributed by atoms with E-state index < -0.39 is 29.2 Å². The number of ether oxygens (including phenoxy) is 2. The van der Waals surface area contributed by atoms with Gasteiger partial charge in [-0.1, -0.05) is 60.2 Å². The van der Waals surface area contributed by atoms with Crippen molar-refractivity contribution in [2.75, 3.05) is 13.1 Å². The maximum Gasteiger partial charge on any atom is 0.134 e. The van der Waals surface area contributed by atoms with Crippen LogP contribution in [-0.2, 0) is 28.3 Å². The molecule has 3 aromatic carbocycles. The number of hydrogen-bond donors (Lipinski definition) is 1. The van der Waals surface area contributed by atoms with Gasteiger partial charge in [0.15, 0.2) is 0 Å². The molecule has 3 nitrogen and oxygen atoms in total. The lowest BCUT2D eigenvalue weighted by molar-refractivity contribution is -0.177. The van der Waals surface area contributed by atoms with Crippen LogP contribution >= 0.6 is 0 Å². The highest BCUT2D eigenvalue weighted by molar-refractivity contribution is 5.29. The van der Waals surface area contributed by atoms with Gasteiger partial charge in [-0.25, -0.2) is 13.2 Å². The second-order valence-electron chi connectivity index (χ2n) is 8.13.